The van der Waals surface area contributed by atoms with Gasteiger partial charge in [0.25, 0.3) is 0 Å². The summed E-state index contributed by atoms with van der Waals surface area (Å²) in [4.78, 5) is 12.4. The molecule has 0 aliphatic heterocycles. The molecule has 7 heteroatoms. The lowest BCUT2D eigenvalue weighted by molar-refractivity contribution is 0.292. The van der Waals surface area contributed by atoms with Crippen molar-refractivity contribution in [3.63, 3.8) is 0 Å². The second-order valence-electron chi connectivity index (χ2n) is 4.45. The third kappa shape index (κ3) is 4.01. The lowest BCUT2D eigenvalue weighted by Gasteiger charge is -2.09. The predicted octanol–water partition coefficient (Wildman–Crippen LogP) is 2.89. The molecule has 6 nitrogen and oxygen atoms in total. The van der Waals surface area contributed by atoms with Crippen LogP contribution in [0, 0.1) is 12.7 Å². The number of anilines is 3. The summed E-state index contributed by atoms with van der Waals surface area (Å²) in [6.07, 6.45) is 0.854. The van der Waals surface area contributed by atoms with Gasteiger partial charge in [-0.1, -0.05) is 13.0 Å². The molecule has 2 rings (SSSR count). The molecule has 0 fully saturated rings. The number of hydrogen-bond acceptors (Lipinski definition) is 6. The maximum Gasteiger partial charge on any atom is 0.323 e. The van der Waals surface area contributed by atoms with E-state index in [1.54, 1.807) is 26.1 Å². The SMILES string of the molecule is CCCOc1nc(NC)nc(Nc2ccc(C)c(F)c2)n1. The van der Waals surface area contributed by atoms with Crippen LogP contribution in [-0.4, -0.2) is 28.6 Å². The van der Waals surface area contributed by atoms with E-state index in [9.17, 15) is 4.39 Å². The highest BCUT2D eigenvalue weighted by Crippen LogP contribution is 2.19. The molecule has 0 unspecified atom stereocenters. The summed E-state index contributed by atoms with van der Waals surface area (Å²) in [5, 5.41) is 5.78. The van der Waals surface area contributed by atoms with E-state index in [2.05, 4.69) is 25.6 Å². The van der Waals surface area contributed by atoms with Gasteiger partial charge in [0.1, 0.15) is 5.82 Å². The van der Waals surface area contributed by atoms with Crippen molar-refractivity contribution in [3.05, 3.63) is 29.6 Å². The second kappa shape index (κ2) is 6.83. The zero-order valence-electron chi connectivity index (χ0n) is 12.3. The minimum Gasteiger partial charge on any atom is -0.463 e. The topological polar surface area (TPSA) is 72.0 Å². The van der Waals surface area contributed by atoms with Gasteiger partial charge >= 0.3 is 6.01 Å². The molecule has 0 saturated heterocycles. The second-order valence-corrected chi connectivity index (χ2v) is 4.45. The minimum absolute atomic E-state index is 0.228. The molecule has 0 spiro atoms. The molecular weight excluding hydrogens is 273 g/mol. The van der Waals surface area contributed by atoms with Crippen LogP contribution in [0.1, 0.15) is 18.9 Å². The first-order valence-corrected chi connectivity index (χ1v) is 6.72. The van der Waals surface area contributed by atoms with Crippen LogP contribution in [0.15, 0.2) is 18.2 Å². The minimum atomic E-state index is -0.287. The van der Waals surface area contributed by atoms with Crippen LogP contribution >= 0.6 is 0 Å². The third-order valence-corrected chi connectivity index (χ3v) is 2.70. The summed E-state index contributed by atoms with van der Waals surface area (Å²) in [7, 11) is 1.70. The van der Waals surface area contributed by atoms with Gasteiger partial charge in [-0.25, -0.2) is 4.39 Å². The van der Waals surface area contributed by atoms with Gasteiger partial charge in [-0.05, 0) is 31.0 Å². The van der Waals surface area contributed by atoms with Crippen LogP contribution in [-0.2, 0) is 0 Å². The Balaban J connectivity index is 2.23. The summed E-state index contributed by atoms with van der Waals surface area (Å²) >= 11 is 0. The fraction of sp³-hybridized carbons (Fsp3) is 0.357. The monoisotopic (exact) mass is 291 g/mol. The van der Waals surface area contributed by atoms with Crippen molar-refractivity contribution in [2.24, 2.45) is 0 Å². The lowest BCUT2D eigenvalue weighted by Crippen LogP contribution is -2.07. The van der Waals surface area contributed by atoms with Crippen LogP contribution in [0.2, 0.25) is 0 Å². The number of rotatable bonds is 6. The van der Waals surface area contributed by atoms with Gasteiger partial charge in [0, 0.05) is 12.7 Å². The van der Waals surface area contributed by atoms with Crippen molar-refractivity contribution in [3.8, 4) is 6.01 Å². The summed E-state index contributed by atoms with van der Waals surface area (Å²) in [6, 6.07) is 5.07. The molecule has 1 aromatic carbocycles. The van der Waals surface area contributed by atoms with E-state index in [1.807, 2.05) is 6.92 Å². The highest BCUT2D eigenvalue weighted by molar-refractivity contribution is 5.55. The fourth-order valence-corrected chi connectivity index (χ4v) is 1.58. The molecule has 112 valence electrons. The molecule has 0 aliphatic carbocycles. The van der Waals surface area contributed by atoms with Crippen molar-refractivity contribution in [1.82, 2.24) is 15.0 Å². The normalized spacial score (nSPS) is 10.3. The van der Waals surface area contributed by atoms with E-state index in [0.717, 1.165) is 6.42 Å². The fourth-order valence-electron chi connectivity index (χ4n) is 1.58. The molecule has 0 bridgehead atoms. The number of halogens is 1. The number of hydrogen-bond donors (Lipinski definition) is 2. The van der Waals surface area contributed by atoms with Crippen molar-refractivity contribution < 1.29 is 9.13 Å². The average molecular weight is 291 g/mol. The van der Waals surface area contributed by atoms with Crippen molar-refractivity contribution >= 4 is 17.6 Å². The number of nitrogens with zero attached hydrogens (tertiary/aromatic N) is 3. The first kappa shape index (κ1) is 15.0. The smallest absolute Gasteiger partial charge is 0.323 e. The number of nitrogens with one attached hydrogen (secondary N) is 2. The summed E-state index contributed by atoms with van der Waals surface area (Å²) in [5.41, 5.74) is 1.15. The first-order chi connectivity index (χ1) is 10.1. The quantitative estimate of drug-likeness (QED) is 0.852. The molecular formula is C14H18FN5O. The average Bonchev–Trinajstić information content (AvgIpc) is 2.48. The Bertz CT molecular complexity index is 620. The Morgan fingerprint density at radius 1 is 1.19 bits per heavy atom. The van der Waals surface area contributed by atoms with Crippen molar-refractivity contribution in [2.75, 3.05) is 24.3 Å². The van der Waals surface area contributed by atoms with E-state index in [-0.39, 0.29) is 11.8 Å². The van der Waals surface area contributed by atoms with Crippen molar-refractivity contribution in [1.29, 1.82) is 0 Å². The predicted molar refractivity (Wildman–Crippen MR) is 79.6 cm³/mol. The van der Waals surface area contributed by atoms with E-state index in [4.69, 9.17) is 4.74 Å². The van der Waals surface area contributed by atoms with Crippen LogP contribution in [0.5, 0.6) is 6.01 Å². The Morgan fingerprint density at radius 3 is 2.62 bits per heavy atom. The highest BCUT2D eigenvalue weighted by atomic mass is 19.1. The molecule has 1 aromatic heterocycles. The summed E-state index contributed by atoms with van der Waals surface area (Å²) in [6.45, 7) is 4.22. The van der Waals surface area contributed by atoms with Crippen LogP contribution in [0.3, 0.4) is 0 Å². The number of benzene rings is 1. The Labute approximate surface area is 122 Å². The molecule has 0 radical (unpaired) electrons. The zero-order valence-corrected chi connectivity index (χ0v) is 12.3. The van der Waals surface area contributed by atoms with E-state index < -0.39 is 0 Å². The van der Waals surface area contributed by atoms with Crippen LogP contribution in [0.25, 0.3) is 0 Å². The van der Waals surface area contributed by atoms with E-state index in [1.165, 1.54) is 6.07 Å². The third-order valence-electron chi connectivity index (χ3n) is 2.70. The maximum atomic E-state index is 13.5. The number of aryl methyl sites for hydroxylation is 1. The summed E-state index contributed by atoms with van der Waals surface area (Å²) in [5.74, 6) is 0.389. The van der Waals surface area contributed by atoms with Gasteiger partial charge < -0.3 is 15.4 Å². The zero-order chi connectivity index (χ0) is 15.2. The molecule has 0 atom stereocenters. The van der Waals surface area contributed by atoms with E-state index >= 15 is 0 Å². The molecule has 2 aromatic rings. The standard InChI is InChI=1S/C14H18FN5O/c1-4-7-21-14-19-12(16-3)18-13(20-14)17-10-6-5-9(2)11(15)8-10/h5-6,8H,4,7H2,1-3H3,(H2,16,17,18,19,20). The van der Waals surface area contributed by atoms with Crippen LogP contribution < -0.4 is 15.4 Å². The molecule has 0 amide bonds. The molecule has 0 aliphatic rings. The highest BCUT2D eigenvalue weighted by Gasteiger charge is 2.08. The maximum absolute atomic E-state index is 13.5. The summed E-state index contributed by atoms with van der Waals surface area (Å²) < 4.78 is 18.9. The number of ether oxygens (including phenoxy) is 1. The Kier molecular flexibility index (Phi) is 4.86. The largest absolute Gasteiger partial charge is 0.463 e. The Morgan fingerprint density at radius 2 is 1.95 bits per heavy atom. The van der Waals surface area contributed by atoms with Gasteiger partial charge in [-0.3, -0.25) is 0 Å². The van der Waals surface area contributed by atoms with Crippen LogP contribution in [0.4, 0.5) is 22.0 Å². The van der Waals surface area contributed by atoms with E-state index in [0.29, 0.717) is 29.8 Å². The lowest BCUT2D eigenvalue weighted by atomic mass is 10.2. The van der Waals surface area contributed by atoms with Gasteiger partial charge in [-0.15, -0.1) is 0 Å². The Hall–Kier alpha value is -2.44. The van der Waals surface area contributed by atoms with Gasteiger partial charge in [-0.2, -0.15) is 15.0 Å². The first-order valence-electron chi connectivity index (χ1n) is 6.72. The van der Waals surface area contributed by atoms with Gasteiger partial charge in [0.05, 0.1) is 6.61 Å². The van der Waals surface area contributed by atoms with Gasteiger partial charge in [0.15, 0.2) is 0 Å². The molecule has 2 N–H and O–H groups in total. The molecule has 1 heterocycles. The number of aromatic nitrogens is 3. The van der Waals surface area contributed by atoms with Gasteiger partial charge in [0.2, 0.25) is 11.9 Å². The van der Waals surface area contributed by atoms with Crippen molar-refractivity contribution in [2.45, 2.75) is 20.3 Å². The molecule has 0 saturated carbocycles. The molecule has 21 heavy (non-hydrogen) atoms.